The van der Waals surface area contributed by atoms with Crippen LogP contribution in [0.2, 0.25) is 0 Å². The lowest BCUT2D eigenvalue weighted by molar-refractivity contribution is -0.137. The number of aryl methyl sites for hydroxylation is 2. The van der Waals surface area contributed by atoms with Gasteiger partial charge in [-0.3, -0.25) is 9.48 Å². The molecule has 7 heteroatoms. The van der Waals surface area contributed by atoms with E-state index < -0.39 is 5.97 Å². The van der Waals surface area contributed by atoms with Crippen molar-refractivity contribution in [2.75, 3.05) is 5.32 Å². The highest BCUT2D eigenvalue weighted by Crippen LogP contribution is 2.14. The number of nitrogens with one attached hydrogen (secondary N) is 2. The maximum absolute atomic E-state index is 12.3. The first kappa shape index (κ1) is 18.5. The highest BCUT2D eigenvalue weighted by atomic mass is 16.4. The molecule has 134 valence electrons. The predicted octanol–water partition coefficient (Wildman–Crippen LogP) is 2.58. The largest absolute Gasteiger partial charge is 0.481 e. The first-order chi connectivity index (χ1) is 12.0. The summed E-state index contributed by atoms with van der Waals surface area (Å²) < 4.78 is 1.65. The van der Waals surface area contributed by atoms with E-state index in [-0.39, 0.29) is 18.5 Å². The van der Waals surface area contributed by atoms with E-state index in [1.807, 2.05) is 37.3 Å². The topological polar surface area (TPSA) is 96.3 Å². The summed E-state index contributed by atoms with van der Waals surface area (Å²) in [6.45, 7) is 1.97. The number of urea groups is 1. The Bertz CT molecular complexity index is 712. The lowest BCUT2D eigenvalue weighted by Crippen LogP contribution is -2.39. The summed E-state index contributed by atoms with van der Waals surface area (Å²) in [7, 11) is 1.80. The van der Waals surface area contributed by atoms with Crippen molar-refractivity contribution in [3.05, 3.63) is 47.8 Å². The summed E-state index contributed by atoms with van der Waals surface area (Å²) in [6, 6.07) is 9.08. The summed E-state index contributed by atoms with van der Waals surface area (Å²) in [5, 5.41) is 18.9. The molecule has 0 radical (unpaired) electrons. The number of aliphatic carboxylic acids is 1. The third-order valence-electron chi connectivity index (χ3n) is 3.86. The molecule has 1 unspecified atom stereocenters. The minimum atomic E-state index is -0.874. The average molecular weight is 344 g/mol. The van der Waals surface area contributed by atoms with Crippen molar-refractivity contribution < 1.29 is 14.7 Å². The fraction of sp³-hybridized carbons (Fsp3) is 0.389. The van der Waals surface area contributed by atoms with Gasteiger partial charge in [0.25, 0.3) is 0 Å². The third kappa shape index (κ3) is 5.95. The molecular weight excluding hydrogens is 320 g/mol. The van der Waals surface area contributed by atoms with E-state index in [0.29, 0.717) is 24.9 Å². The van der Waals surface area contributed by atoms with E-state index in [2.05, 4.69) is 15.7 Å². The average Bonchev–Trinajstić information content (AvgIpc) is 2.93. The van der Waals surface area contributed by atoms with Gasteiger partial charge in [0.2, 0.25) is 0 Å². The Morgan fingerprint density at radius 3 is 2.64 bits per heavy atom. The molecule has 0 spiro atoms. The number of anilines is 1. The molecule has 2 aromatic rings. The standard InChI is InChI=1S/C18H24N4O3/c1-3-15-16(12-22(2)21-15)20-18(25)19-14(9-10-17(23)24)11-13-7-5-4-6-8-13/h4-8,12,14H,3,9-11H2,1-2H3,(H,23,24)(H2,19,20,25). The van der Waals surface area contributed by atoms with E-state index in [1.165, 1.54) is 0 Å². The van der Waals surface area contributed by atoms with Gasteiger partial charge < -0.3 is 15.7 Å². The molecule has 1 aromatic heterocycles. The molecule has 0 saturated heterocycles. The van der Waals surface area contributed by atoms with Crippen LogP contribution in [0.4, 0.5) is 10.5 Å². The van der Waals surface area contributed by atoms with Crippen molar-refractivity contribution in [1.29, 1.82) is 0 Å². The van der Waals surface area contributed by atoms with Crippen molar-refractivity contribution >= 4 is 17.7 Å². The van der Waals surface area contributed by atoms with Crippen LogP contribution in [0.5, 0.6) is 0 Å². The van der Waals surface area contributed by atoms with E-state index in [1.54, 1.807) is 17.9 Å². The molecule has 1 heterocycles. The number of carbonyl (C=O) groups excluding carboxylic acids is 1. The summed E-state index contributed by atoms with van der Waals surface area (Å²) in [4.78, 5) is 23.2. The summed E-state index contributed by atoms with van der Waals surface area (Å²) in [6.07, 6.45) is 3.41. The zero-order valence-electron chi connectivity index (χ0n) is 14.5. The van der Waals surface area contributed by atoms with Crippen LogP contribution < -0.4 is 10.6 Å². The smallest absolute Gasteiger partial charge is 0.319 e. The van der Waals surface area contributed by atoms with Crippen molar-refractivity contribution in [1.82, 2.24) is 15.1 Å². The summed E-state index contributed by atoms with van der Waals surface area (Å²) in [5.74, 6) is -0.874. The van der Waals surface area contributed by atoms with Crippen LogP contribution in [0.3, 0.4) is 0 Å². The van der Waals surface area contributed by atoms with Gasteiger partial charge in [-0.15, -0.1) is 0 Å². The van der Waals surface area contributed by atoms with Gasteiger partial charge in [-0.05, 0) is 24.8 Å². The molecule has 1 aromatic carbocycles. The number of hydrogen-bond donors (Lipinski definition) is 3. The third-order valence-corrected chi connectivity index (χ3v) is 3.86. The predicted molar refractivity (Wildman–Crippen MR) is 95.5 cm³/mol. The van der Waals surface area contributed by atoms with Crippen LogP contribution in [0.15, 0.2) is 36.5 Å². The van der Waals surface area contributed by atoms with Gasteiger partial charge >= 0.3 is 12.0 Å². The molecule has 0 saturated carbocycles. The second-order valence-corrected chi connectivity index (χ2v) is 5.93. The highest BCUT2D eigenvalue weighted by Gasteiger charge is 2.16. The number of benzene rings is 1. The Balaban J connectivity index is 2.01. The van der Waals surface area contributed by atoms with Gasteiger partial charge in [-0.2, -0.15) is 5.10 Å². The van der Waals surface area contributed by atoms with Gasteiger partial charge in [0.15, 0.2) is 0 Å². The van der Waals surface area contributed by atoms with Gasteiger partial charge in [0.05, 0.1) is 11.4 Å². The minimum Gasteiger partial charge on any atom is -0.481 e. The number of carboxylic acid groups (broad SMARTS) is 1. The van der Waals surface area contributed by atoms with Crippen LogP contribution in [0, 0.1) is 0 Å². The molecule has 25 heavy (non-hydrogen) atoms. The van der Waals surface area contributed by atoms with Gasteiger partial charge in [0, 0.05) is 25.7 Å². The van der Waals surface area contributed by atoms with Crippen LogP contribution >= 0.6 is 0 Å². The maximum atomic E-state index is 12.3. The van der Waals surface area contributed by atoms with E-state index in [0.717, 1.165) is 11.3 Å². The highest BCUT2D eigenvalue weighted by molar-refractivity contribution is 5.90. The first-order valence-electron chi connectivity index (χ1n) is 8.33. The summed E-state index contributed by atoms with van der Waals surface area (Å²) in [5.41, 5.74) is 2.52. The second kappa shape index (κ2) is 8.86. The van der Waals surface area contributed by atoms with Crippen LogP contribution in [0.1, 0.15) is 31.0 Å². The molecule has 0 bridgehead atoms. The van der Waals surface area contributed by atoms with Crippen LogP contribution in [0.25, 0.3) is 0 Å². The van der Waals surface area contributed by atoms with Crippen molar-refractivity contribution in [3.63, 3.8) is 0 Å². The Morgan fingerprint density at radius 2 is 2.00 bits per heavy atom. The molecule has 0 aliphatic rings. The number of hydrogen-bond acceptors (Lipinski definition) is 3. The Morgan fingerprint density at radius 1 is 1.28 bits per heavy atom. The normalized spacial score (nSPS) is 11.8. The molecule has 0 aliphatic carbocycles. The fourth-order valence-electron chi connectivity index (χ4n) is 2.67. The lowest BCUT2D eigenvalue weighted by atomic mass is 10.0. The van der Waals surface area contributed by atoms with Crippen molar-refractivity contribution in [2.24, 2.45) is 7.05 Å². The number of carbonyl (C=O) groups is 2. The van der Waals surface area contributed by atoms with Crippen LogP contribution in [-0.4, -0.2) is 32.9 Å². The molecule has 0 fully saturated rings. The SMILES string of the molecule is CCc1nn(C)cc1NC(=O)NC(CCC(=O)O)Cc1ccccc1. The van der Waals surface area contributed by atoms with E-state index in [4.69, 9.17) is 5.11 Å². The molecule has 2 rings (SSSR count). The summed E-state index contributed by atoms with van der Waals surface area (Å²) >= 11 is 0. The van der Waals surface area contributed by atoms with Gasteiger partial charge in [0.1, 0.15) is 0 Å². The Kier molecular flexibility index (Phi) is 6.56. The maximum Gasteiger partial charge on any atom is 0.319 e. The first-order valence-corrected chi connectivity index (χ1v) is 8.33. The minimum absolute atomic E-state index is 0.00484. The molecule has 1 atom stereocenters. The van der Waals surface area contributed by atoms with Crippen molar-refractivity contribution in [3.8, 4) is 0 Å². The molecule has 3 N–H and O–H groups in total. The number of amides is 2. The van der Waals surface area contributed by atoms with E-state index >= 15 is 0 Å². The molecular formula is C18H24N4O3. The van der Waals surface area contributed by atoms with Crippen molar-refractivity contribution in [2.45, 2.75) is 38.6 Å². The number of rotatable bonds is 8. The zero-order valence-corrected chi connectivity index (χ0v) is 14.5. The number of aromatic nitrogens is 2. The van der Waals surface area contributed by atoms with E-state index in [9.17, 15) is 9.59 Å². The number of nitrogens with zero attached hydrogens (tertiary/aromatic N) is 2. The monoisotopic (exact) mass is 344 g/mol. The van der Waals surface area contributed by atoms with Gasteiger partial charge in [-0.1, -0.05) is 37.3 Å². The second-order valence-electron chi connectivity index (χ2n) is 5.93. The van der Waals surface area contributed by atoms with Crippen LogP contribution in [-0.2, 0) is 24.7 Å². The quantitative estimate of drug-likeness (QED) is 0.686. The number of carboxylic acids is 1. The van der Waals surface area contributed by atoms with Gasteiger partial charge in [-0.25, -0.2) is 4.79 Å². The molecule has 7 nitrogen and oxygen atoms in total. The zero-order chi connectivity index (χ0) is 18.2. The lowest BCUT2D eigenvalue weighted by Gasteiger charge is -2.18. The molecule has 2 amide bonds. The fourth-order valence-corrected chi connectivity index (χ4v) is 2.67. The Labute approximate surface area is 147 Å². The Hall–Kier alpha value is -2.83. The molecule has 0 aliphatic heterocycles.